The van der Waals surface area contributed by atoms with Crippen molar-refractivity contribution in [2.24, 2.45) is 0 Å². The maximum absolute atomic E-state index is 11.4. The second-order valence-electron chi connectivity index (χ2n) is 4.02. The highest BCUT2D eigenvalue weighted by Crippen LogP contribution is 2.24. The highest BCUT2D eigenvalue weighted by Gasteiger charge is 2.06. The highest BCUT2D eigenvalue weighted by molar-refractivity contribution is 5.93. The van der Waals surface area contributed by atoms with Gasteiger partial charge in [0.1, 0.15) is 17.2 Å². The Bertz CT molecular complexity index is 564. The summed E-state index contributed by atoms with van der Waals surface area (Å²) in [5.74, 6) is 1.12. The van der Waals surface area contributed by atoms with E-state index >= 15 is 0 Å². The first-order valence-corrected chi connectivity index (χ1v) is 6.10. The Morgan fingerprint density at radius 3 is 2.68 bits per heavy atom. The molecule has 0 radical (unpaired) electrons. The summed E-state index contributed by atoms with van der Waals surface area (Å²) in [7, 11) is 0. The Labute approximate surface area is 111 Å². The van der Waals surface area contributed by atoms with Crippen molar-refractivity contribution in [2.75, 3.05) is 0 Å². The Morgan fingerprint density at radius 1 is 1.26 bits per heavy atom. The van der Waals surface area contributed by atoms with Crippen LogP contribution in [0.25, 0.3) is 0 Å². The Hall–Kier alpha value is -2.20. The van der Waals surface area contributed by atoms with Gasteiger partial charge in [-0.15, -0.1) is 0 Å². The Kier molecular flexibility index (Phi) is 4.26. The van der Waals surface area contributed by atoms with Gasteiger partial charge in [0.05, 0.1) is 12.8 Å². The summed E-state index contributed by atoms with van der Waals surface area (Å²) in [4.78, 5) is 15.5. The second-order valence-corrected chi connectivity index (χ2v) is 4.02. The summed E-state index contributed by atoms with van der Waals surface area (Å²) >= 11 is 0. The van der Waals surface area contributed by atoms with Crippen molar-refractivity contribution in [1.82, 2.24) is 4.98 Å². The van der Waals surface area contributed by atoms with E-state index in [4.69, 9.17) is 4.74 Å². The van der Waals surface area contributed by atoms with Crippen LogP contribution in [0.1, 0.15) is 29.4 Å². The van der Waals surface area contributed by atoms with Gasteiger partial charge in [0.15, 0.2) is 5.78 Å². The molecule has 0 saturated heterocycles. The van der Waals surface area contributed by atoms with Gasteiger partial charge < -0.3 is 9.84 Å². The highest BCUT2D eigenvalue weighted by atomic mass is 16.5. The number of ether oxygens (including phenoxy) is 1. The predicted molar refractivity (Wildman–Crippen MR) is 71.3 cm³/mol. The first-order valence-electron chi connectivity index (χ1n) is 6.10. The summed E-state index contributed by atoms with van der Waals surface area (Å²) in [6.45, 7) is 1.71. The first kappa shape index (κ1) is 13.2. The molecule has 2 aromatic rings. The van der Waals surface area contributed by atoms with Crippen LogP contribution in [0, 0.1) is 0 Å². The fourth-order valence-corrected chi connectivity index (χ4v) is 1.65. The average molecular weight is 257 g/mol. The summed E-state index contributed by atoms with van der Waals surface area (Å²) in [6, 6.07) is 10.6. The third-order valence-corrected chi connectivity index (χ3v) is 2.71. The number of aliphatic hydroxyl groups is 1. The van der Waals surface area contributed by atoms with Gasteiger partial charge in [-0.05, 0) is 18.2 Å². The SMILES string of the molecule is CCC(=O)c1ccc(Oc2ccccc2CO)cn1. The summed E-state index contributed by atoms with van der Waals surface area (Å²) < 4.78 is 5.63. The van der Waals surface area contributed by atoms with Gasteiger partial charge in [0, 0.05) is 12.0 Å². The number of aromatic nitrogens is 1. The Morgan fingerprint density at radius 2 is 2.05 bits per heavy atom. The van der Waals surface area contributed by atoms with E-state index in [1.165, 1.54) is 6.20 Å². The van der Waals surface area contributed by atoms with E-state index in [0.717, 1.165) is 0 Å². The monoisotopic (exact) mass is 257 g/mol. The zero-order valence-electron chi connectivity index (χ0n) is 10.7. The summed E-state index contributed by atoms with van der Waals surface area (Å²) in [5, 5.41) is 9.20. The quantitative estimate of drug-likeness (QED) is 0.836. The third kappa shape index (κ3) is 3.17. The number of rotatable bonds is 5. The molecular formula is C15H15NO3. The van der Waals surface area contributed by atoms with Crippen LogP contribution in [0.5, 0.6) is 11.5 Å². The lowest BCUT2D eigenvalue weighted by Crippen LogP contribution is -2.00. The zero-order chi connectivity index (χ0) is 13.7. The number of nitrogens with zero attached hydrogens (tertiary/aromatic N) is 1. The van der Waals surface area contributed by atoms with Gasteiger partial charge in [0.25, 0.3) is 0 Å². The topological polar surface area (TPSA) is 59.4 Å². The van der Waals surface area contributed by atoms with E-state index in [1.807, 2.05) is 12.1 Å². The summed E-state index contributed by atoms with van der Waals surface area (Å²) in [5.41, 5.74) is 1.14. The number of carbonyl (C=O) groups is 1. The van der Waals surface area contributed by atoms with Crippen molar-refractivity contribution in [3.63, 3.8) is 0 Å². The minimum absolute atomic E-state index is 0.00214. The molecule has 1 heterocycles. The van der Waals surface area contributed by atoms with Crippen LogP contribution in [0.4, 0.5) is 0 Å². The van der Waals surface area contributed by atoms with Crippen LogP contribution in [0.3, 0.4) is 0 Å². The maximum atomic E-state index is 11.4. The van der Waals surface area contributed by atoms with Crippen LogP contribution in [-0.4, -0.2) is 15.9 Å². The number of para-hydroxylation sites is 1. The second kappa shape index (κ2) is 6.11. The van der Waals surface area contributed by atoms with Crippen molar-refractivity contribution in [2.45, 2.75) is 20.0 Å². The van der Waals surface area contributed by atoms with E-state index in [9.17, 15) is 9.90 Å². The van der Waals surface area contributed by atoms with Crippen LogP contribution < -0.4 is 4.74 Å². The smallest absolute Gasteiger partial charge is 0.180 e. The van der Waals surface area contributed by atoms with Gasteiger partial charge in [0.2, 0.25) is 0 Å². The molecule has 1 N–H and O–H groups in total. The molecule has 0 fully saturated rings. The number of benzene rings is 1. The first-order chi connectivity index (χ1) is 9.24. The molecule has 4 nitrogen and oxygen atoms in total. The predicted octanol–water partition coefficient (Wildman–Crippen LogP) is 2.96. The lowest BCUT2D eigenvalue weighted by Gasteiger charge is -2.09. The van der Waals surface area contributed by atoms with E-state index in [1.54, 1.807) is 31.2 Å². The van der Waals surface area contributed by atoms with E-state index in [0.29, 0.717) is 29.2 Å². The molecule has 98 valence electrons. The molecule has 4 heteroatoms. The van der Waals surface area contributed by atoms with Crippen LogP contribution in [-0.2, 0) is 6.61 Å². The summed E-state index contributed by atoms with van der Waals surface area (Å²) in [6.07, 6.45) is 1.94. The maximum Gasteiger partial charge on any atom is 0.180 e. The Balaban J connectivity index is 2.17. The van der Waals surface area contributed by atoms with Crippen molar-refractivity contribution < 1.29 is 14.6 Å². The number of Topliss-reactive ketones (excluding diaryl/α,β-unsaturated/α-hetero) is 1. The van der Waals surface area contributed by atoms with Crippen LogP contribution in [0.15, 0.2) is 42.6 Å². The van der Waals surface area contributed by atoms with Crippen molar-refractivity contribution in [3.8, 4) is 11.5 Å². The van der Waals surface area contributed by atoms with Crippen LogP contribution in [0.2, 0.25) is 0 Å². The molecule has 0 amide bonds. The van der Waals surface area contributed by atoms with Crippen molar-refractivity contribution in [1.29, 1.82) is 0 Å². The molecular weight excluding hydrogens is 242 g/mol. The molecule has 1 aromatic carbocycles. The lowest BCUT2D eigenvalue weighted by molar-refractivity contribution is 0.0983. The zero-order valence-corrected chi connectivity index (χ0v) is 10.7. The molecule has 0 spiro atoms. The van der Waals surface area contributed by atoms with Gasteiger partial charge in [-0.25, -0.2) is 4.98 Å². The molecule has 0 aliphatic heterocycles. The average Bonchev–Trinajstić information content (AvgIpc) is 2.48. The number of aliphatic hydroxyl groups excluding tert-OH is 1. The van der Waals surface area contributed by atoms with Gasteiger partial charge >= 0.3 is 0 Å². The number of carbonyl (C=O) groups excluding carboxylic acids is 1. The van der Waals surface area contributed by atoms with Gasteiger partial charge in [-0.2, -0.15) is 0 Å². The number of pyridine rings is 1. The number of ketones is 1. The minimum atomic E-state index is -0.0873. The van der Waals surface area contributed by atoms with Crippen molar-refractivity contribution in [3.05, 3.63) is 53.9 Å². The minimum Gasteiger partial charge on any atom is -0.455 e. The number of hydrogen-bond donors (Lipinski definition) is 1. The molecule has 19 heavy (non-hydrogen) atoms. The van der Waals surface area contributed by atoms with Crippen molar-refractivity contribution >= 4 is 5.78 Å². The molecule has 0 atom stereocenters. The molecule has 0 saturated carbocycles. The number of hydrogen-bond acceptors (Lipinski definition) is 4. The molecule has 2 rings (SSSR count). The standard InChI is InChI=1S/C15H15NO3/c1-2-14(18)13-8-7-12(9-16-13)19-15-6-4-3-5-11(15)10-17/h3-9,17H,2,10H2,1H3. The van der Waals surface area contributed by atoms with E-state index < -0.39 is 0 Å². The molecule has 0 aliphatic rings. The molecule has 0 unspecified atom stereocenters. The van der Waals surface area contributed by atoms with Gasteiger partial charge in [-0.1, -0.05) is 25.1 Å². The lowest BCUT2D eigenvalue weighted by atomic mass is 10.2. The van der Waals surface area contributed by atoms with Gasteiger partial charge in [-0.3, -0.25) is 4.79 Å². The van der Waals surface area contributed by atoms with Crippen LogP contribution >= 0.6 is 0 Å². The molecule has 1 aromatic heterocycles. The fraction of sp³-hybridized carbons (Fsp3) is 0.200. The third-order valence-electron chi connectivity index (χ3n) is 2.71. The largest absolute Gasteiger partial charge is 0.455 e. The van der Waals surface area contributed by atoms with E-state index in [-0.39, 0.29) is 12.4 Å². The normalized spacial score (nSPS) is 10.2. The fourth-order valence-electron chi connectivity index (χ4n) is 1.65. The van der Waals surface area contributed by atoms with E-state index in [2.05, 4.69) is 4.98 Å². The molecule has 0 aliphatic carbocycles. The molecule has 0 bridgehead atoms.